The van der Waals surface area contributed by atoms with Crippen molar-refractivity contribution >= 4 is 49.4 Å². The van der Waals surface area contributed by atoms with Gasteiger partial charge in [0.05, 0.1) is 21.5 Å². The van der Waals surface area contributed by atoms with E-state index in [4.69, 9.17) is 23.2 Å². The number of aliphatic hydroxyl groups excluding tert-OH is 2. The molecule has 3 rings (SSSR count). The molecule has 2 aromatic rings. The van der Waals surface area contributed by atoms with E-state index >= 15 is 0 Å². The van der Waals surface area contributed by atoms with Crippen LogP contribution in [0.3, 0.4) is 0 Å². The summed E-state index contributed by atoms with van der Waals surface area (Å²) >= 11 is 12.3. The molecule has 1 aromatic heterocycles. The number of fused-ring (bicyclic) bond motifs is 1. The topological polar surface area (TPSA) is 90.7 Å². The maximum absolute atomic E-state index is 12.9. The third-order valence-corrected chi connectivity index (χ3v) is 6.69. The lowest BCUT2D eigenvalue weighted by molar-refractivity contribution is -0.00294. The van der Waals surface area contributed by atoms with Crippen molar-refractivity contribution in [2.75, 3.05) is 11.9 Å². The molecular weight excluding hydrogens is 437 g/mol. The summed E-state index contributed by atoms with van der Waals surface area (Å²) < 4.78 is 51.4. The summed E-state index contributed by atoms with van der Waals surface area (Å²) in [5.74, 6) is -1.02. The fourth-order valence-electron chi connectivity index (χ4n) is 2.94. The summed E-state index contributed by atoms with van der Waals surface area (Å²) in [7, 11) is -2.89. The first-order chi connectivity index (χ1) is 13.1. The monoisotopic (exact) mass is 450 g/mol. The maximum atomic E-state index is 12.9. The van der Waals surface area contributed by atoms with Crippen LogP contribution in [0.25, 0.3) is 10.7 Å². The van der Waals surface area contributed by atoms with Crippen LogP contribution in [0.2, 0.25) is 10.0 Å². The van der Waals surface area contributed by atoms with Gasteiger partial charge in [0.1, 0.15) is 10.6 Å². The van der Waals surface area contributed by atoms with Crippen LogP contribution in [-0.2, 0) is 15.6 Å². The molecule has 11 heteroatoms. The lowest BCUT2D eigenvalue weighted by Crippen LogP contribution is -2.37. The molecule has 1 aliphatic heterocycles. The van der Waals surface area contributed by atoms with Gasteiger partial charge in [-0.25, -0.2) is 17.2 Å². The van der Waals surface area contributed by atoms with Gasteiger partial charge in [0, 0.05) is 18.8 Å². The molecule has 2 heterocycles. The van der Waals surface area contributed by atoms with Gasteiger partial charge < -0.3 is 15.1 Å². The molecule has 0 bridgehead atoms. The summed E-state index contributed by atoms with van der Waals surface area (Å²) in [5.41, 5.74) is 0.0688. The number of aliphatic hydroxyl groups is 2. The first-order valence-electron chi connectivity index (χ1n) is 7.84. The molecule has 0 aliphatic carbocycles. The zero-order valence-electron chi connectivity index (χ0n) is 14.3. The number of sulfone groups is 1. The fraction of sp³-hybridized carbons (Fsp3) is 0.235. The second-order valence-electron chi connectivity index (χ2n) is 6.06. The molecule has 0 spiro atoms. The Bertz CT molecular complexity index is 1080. The number of hydrogen-bond donors (Lipinski definition) is 2. The van der Waals surface area contributed by atoms with Gasteiger partial charge in [0.25, 0.3) is 6.43 Å². The normalized spacial score (nSPS) is 16.8. The van der Waals surface area contributed by atoms with E-state index in [1.165, 1.54) is 24.4 Å². The second kappa shape index (κ2) is 7.47. The quantitative estimate of drug-likeness (QED) is 0.689. The van der Waals surface area contributed by atoms with Gasteiger partial charge in [-0.3, -0.25) is 4.98 Å². The SMILES string of the molecule is CN(c1c(Cl)ccc(C2=C(O)c3ncccc3CS2(=O)=O)c1Cl)C(O)C(F)F. The van der Waals surface area contributed by atoms with Crippen LogP contribution in [0, 0.1) is 0 Å². The summed E-state index contributed by atoms with van der Waals surface area (Å²) in [5, 5.41) is 19.9. The van der Waals surface area contributed by atoms with Crippen LogP contribution in [-0.4, -0.2) is 43.3 Å². The van der Waals surface area contributed by atoms with E-state index in [0.717, 1.165) is 11.9 Å². The molecule has 6 nitrogen and oxygen atoms in total. The third kappa shape index (κ3) is 3.43. The van der Waals surface area contributed by atoms with Gasteiger partial charge in [-0.15, -0.1) is 0 Å². The standard InChI is InChI=1S/C17H14Cl2F2N2O4S/c1-23(17(25)16(20)21)13-10(18)5-4-9(11(13)19)15-14(24)12-8(3-2-6-22-12)7-28(15,26)27/h2-6,16-17,24-25H,7H2,1H3. The third-order valence-electron chi connectivity index (χ3n) is 4.27. The lowest BCUT2D eigenvalue weighted by Gasteiger charge is -2.28. The highest BCUT2D eigenvalue weighted by atomic mass is 35.5. The highest BCUT2D eigenvalue weighted by Crippen LogP contribution is 2.45. The predicted molar refractivity (Wildman–Crippen MR) is 103 cm³/mol. The summed E-state index contributed by atoms with van der Waals surface area (Å²) in [6.07, 6.45) is -3.95. The maximum Gasteiger partial charge on any atom is 0.282 e. The molecule has 150 valence electrons. The van der Waals surface area contributed by atoms with E-state index in [0.29, 0.717) is 5.56 Å². The van der Waals surface area contributed by atoms with Crippen LogP contribution >= 0.6 is 23.2 Å². The highest BCUT2D eigenvalue weighted by Gasteiger charge is 2.35. The summed E-state index contributed by atoms with van der Waals surface area (Å²) in [4.78, 5) is 4.26. The van der Waals surface area contributed by atoms with Crippen molar-refractivity contribution in [1.29, 1.82) is 0 Å². The molecule has 28 heavy (non-hydrogen) atoms. The van der Waals surface area contributed by atoms with Gasteiger partial charge in [-0.05, 0) is 17.7 Å². The number of halogens is 4. The van der Waals surface area contributed by atoms with Gasteiger partial charge >= 0.3 is 0 Å². The van der Waals surface area contributed by atoms with Crippen molar-refractivity contribution in [2.45, 2.75) is 18.4 Å². The first kappa shape index (κ1) is 20.8. The number of rotatable bonds is 4. The molecule has 1 unspecified atom stereocenters. The molecule has 0 saturated heterocycles. The molecule has 1 aliphatic rings. The van der Waals surface area contributed by atoms with Gasteiger partial charge in [0.2, 0.25) is 0 Å². The lowest BCUT2D eigenvalue weighted by atomic mass is 10.1. The van der Waals surface area contributed by atoms with E-state index in [1.54, 1.807) is 6.07 Å². The Morgan fingerprint density at radius 2 is 1.93 bits per heavy atom. The van der Waals surface area contributed by atoms with E-state index in [-0.39, 0.29) is 27.0 Å². The molecule has 2 N–H and O–H groups in total. The Hall–Kier alpha value is -1.94. The number of pyridine rings is 1. The van der Waals surface area contributed by atoms with Gasteiger partial charge in [0.15, 0.2) is 21.8 Å². The Morgan fingerprint density at radius 1 is 1.25 bits per heavy atom. The van der Waals surface area contributed by atoms with Crippen molar-refractivity contribution in [3.05, 3.63) is 57.3 Å². The predicted octanol–water partition coefficient (Wildman–Crippen LogP) is 3.72. The Kier molecular flexibility index (Phi) is 5.55. The molecule has 1 aromatic carbocycles. The second-order valence-corrected chi connectivity index (χ2v) is 8.78. The van der Waals surface area contributed by atoms with Gasteiger partial charge in [-0.1, -0.05) is 35.3 Å². The Balaban J connectivity index is 2.26. The number of alkyl halides is 2. The minimum atomic E-state index is -4.02. The van der Waals surface area contributed by atoms with Crippen LogP contribution in [0.1, 0.15) is 16.8 Å². The number of nitrogens with zero attached hydrogens (tertiary/aromatic N) is 2. The minimum absolute atomic E-state index is 0.0808. The van der Waals surface area contributed by atoms with Crippen LogP contribution < -0.4 is 4.90 Å². The van der Waals surface area contributed by atoms with Crippen LogP contribution in [0.15, 0.2) is 30.5 Å². The van der Waals surface area contributed by atoms with Crippen molar-refractivity contribution in [2.24, 2.45) is 0 Å². The van der Waals surface area contributed by atoms with Crippen molar-refractivity contribution in [3.8, 4) is 0 Å². The van der Waals surface area contributed by atoms with Gasteiger partial charge in [-0.2, -0.15) is 0 Å². The first-order valence-corrected chi connectivity index (χ1v) is 10.2. The smallest absolute Gasteiger partial charge is 0.282 e. The zero-order chi connectivity index (χ0) is 20.8. The molecule has 0 saturated carbocycles. The van der Waals surface area contributed by atoms with E-state index in [9.17, 15) is 27.4 Å². The van der Waals surface area contributed by atoms with Crippen molar-refractivity contribution in [3.63, 3.8) is 0 Å². The largest absolute Gasteiger partial charge is 0.504 e. The summed E-state index contributed by atoms with van der Waals surface area (Å²) in [6.45, 7) is 0. The Labute approximate surface area is 169 Å². The van der Waals surface area contributed by atoms with Crippen LogP contribution in [0.5, 0.6) is 0 Å². The fourth-order valence-corrected chi connectivity index (χ4v) is 5.41. The van der Waals surface area contributed by atoms with E-state index in [2.05, 4.69) is 4.98 Å². The van der Waals surface area contributed by atoms with Crippen molar-refractivity contribution < 1.29 is 27.4 Å². The van der Waals surface area contributed by atoms with E-state index in [1.807, 2.05) is 0 Å². The average Bonchev–Trinajstić information content (AvgIpc) is 2.62. The highest BCUT2D eigenvalue weighted by molar-refractivity contribution is 8.00. The summed E-state index contributed by atoms with van der Waals surface area (Å²) in [6, 6.07) is 5.57. The zero-order valence-corrected chi connectivity index (χ0v) is 16.6. The van der Waals surface area contributed by atoms with Crippen molar-refractivity contribution in [1.82, 2.24) is 4.98 Å². The molecule has 0 fully saturated rings. The van der Waals surface area contributed by atoms with E-state index < -0.39 is 38.9 Å². The molecular formula is C17H14Cl2F2N2O4S. The number of hydrogen-bond acceptors (Lipinski definition) is 6. The molecule has 0 amide bonds. The minimum Gasteiger partial charge on any atom is -0.504 e. The Morgan fingerprint density at radius 3 is 2.57 bits per heavy atom. The average molecular weight is 451 g/mol. The molecule has 0 radical (unpaired) electrons. The number of anilines is 1. The molecule has 1 atom stereocenters. The number of aromatic nitrogens is 1. The van der Waals surface area contributed by atoms with Crippen LogP contribution in [0.4, 0.5) is 14.5 Å². The number of benzene rings is 1.